The molecule has 0 bridgehead atoms. The number of hydrogen-bond acceptors (Lipinski definition) is 6. The first-order chi connectivity index (χ1) is 13.1. The number of halogens is 1. The van der Waals surface area contributed by atoms with Crippen LogP contribution in [0.2, 0.25) is 0 Å². The summed E-state index contributed by atoms with van der Waals surface area (Å²) < 4.78 is 13.4. The zero-order chi connectivity index (χ0) is 18.8. The summed E-state index contributed by atoms with van der Waals surface area (Å²) in [5.41, 5.74) is 2.69. The SMILES string of the molecule is CSc1nccc(-c2sc(C3CCN(C)CC3)nc2-c2ccc(F)cc2)n1. The van der Waals surface area contributed by atoms with E-state index in [2.05, 4.69) is 21.9 Å². The summed E-state index contributed by atoms with van der Waals surface area (Å²) in [6.45, 7) is 2.19. The summed E-state index contributed by atoms with van der Waals surface area (Å²) in [6, 6.07) is 8.49. The van der Waals surface area contributed by atoms with Crippen molar-refractivity contribution in [1.82, 2.24) is 19.9 Å². The Bertz CT molecular complexity index is 918. The fraction of sp³-hybridized carbons (Fsp3) is 0.350. The van der Waals surface area contributed by atoms with E-state index in [0.717, 1.165) is 57.9 Å². The van der Waals surface area contributed by atoms with E-state index in [-0.39, 0.29) is 5.82 Å². The van der Waals surface area contributed by atoms with Crippen LogP contribution in [0.1, 0.15) is 23.8 Å². The van der Waals surface area contributed by atoms with Gasteiger partial charge in [0.15, 0.2) is 5.16 Å². The van der Waals surface area contributed by atoms with Crippen LogP contribution >= 0.6 is 23.1 Å². The van der Waals surface area contributed by atoms with Gasteiger partial charge in [-0.2, -0.15) is 0 Å². The van der Waals surface area contributed by atoms with Gasteiger partial charge in [-0.15, -0.1) is 11.3 Å². The molecule has 3 heterocycles. The monoisotopic (exact) mass is 400 g/mol. The molecule has 1 aliphatic heterocycles. The Hall–Kier alpha value is -1.83. The number of nitrogens with zero attached hydrogens (tertiary/aromatic N) is 4. The zero-order valence-corrected chi connectivity index (χ0v) is 17.0. The molecule has 4 nitrogen and oxygen atoms in total. The lowest BCUT2D eigenvalue weighted by molar-refractivity contribution is 0.255. The minimum atomic E-state index is -0.238. The molecule has 140 valence electrons. The maximum absolute atomic E-state index is 13.4. The molecule has 1 aromatic carbocycles. The van der Waals surface area contributed by atoms with E-state index >= 15 is 0 Å². The Morgan fingerprint density at radius 2 is 1.85 bits per heavy atom. The third-order valence-corrected chi connectivity index (χ3v) is 6.68. The van der Waals surface area contributed by atoms with Crippen molar-refractivity contribution in [3.8, 4) is 21.8 Å². The highest BCUT2D eigenvalue weighted by Crippen LogP contribution is 2.41. The summed E-state index contributed by atoms with van der Waals surface area (Å²) in [5.74, 6) is 0.235. The molecule has 0 saturated carbocycles. The van der Waals surface area contributed by atoms with Crippen LogP contribution < -0.4 is 0 Å². The standard InChI is InChI=1S/C20H21FN4S2/c1-25-11-8-14(9-12-25)19-24-17(13-3-5-15(21)6-4-13)18(27-19)16-7-10-22-20(23-16)26-2/h3-7,10,14H,8-9,11-12H2,1-2H3. The van der Waals surface area contributed by atoms with Gasteiger partial charge in [0.1, 0.15) is 5.82 Å². The zero-order valence-electron chi connectivity index (χ0n) is 15.4. The molecule has 4 rings (SSSR count). The Balaban J connectivity index is 1.78. The van der Waals surface area contributed by atoms with E-state index in [1.54, 1.807) is 29.7 Å². The number of benzene rings is 1. The average molecular weight is 401 g/mol. The van der Waals surface area contributed by atoms with E-state index in [1.807, 2.05) is 12.3 Å². The highest BCUT2D eigenvalue weighted by atomic mass is 32.2. The number of aromatic nitrogens is 3. The first kappa shape index (κ1) is 18.5. The summed E-state index contributed by atoms with van der Waals surface area (Å²) in [4.78, 5) is 17.4. The number of hydrogen-bond donors (Lipinski definition) is 0. The molecule has 3 aromatic rings. The van der Waals surface area contributed by atoms with E-state index < -0.39 is 0 Å². The molecule has 1 aliphatic rings. The topological polar surface area (TPSA) is 41.9 Å². The summed E-state index contributed by atoms with van der Waals surface area (Å²) in [5, 5.41) is 1.90. The predicted molar refractivity (Wildman–Crippen MR) is 110 cm³/mol. The number of rotatable bonds is 4. The lowest BCUT2D eigenvalue weighted by Gasteiger charge is -2.27. The van der Waals surface area contributed by atoms with Gasteiger partial charge in [0, 0.05) is 17.7 Å². The van der Waals surface area contributed by atoms with Gasteiger partial charge in [-0.05, 0) is 69.6 Å². The Kier molecular flexibility index (Phi) is 5.52. The number of thiazole rings is 1. The van der Waals surface area contributed by atoms with Crippen LogP contribution in [0.4, 0.5) is 4.39 Å². The molecule has 0 atom stereocenters. The number of piperidine rings is 1. The third kappa shape index (κ3) is 4.05. The van der Waals surface area contributed by atoms with Crippen LogP contribution in [0, 0.1) is 5.82 Å². The Morgan fingerprint density at radius 1 is 1.11 bits per heavy atom. The molecule has 0 amide bonds. The van der Waals surface area contributed by atoms with Gasteiger partial charge in [0.25, 0.3) is 0 Å². The fourth-order valence-electron chi connectivity index (χ4n) is 3.31. The van der Waals surface area contributed by atoms with Gasteiger partial charge in [0.05, 0.1) is 21.3 Å². The van der Waals surface area contributed by atoms with Crippen molar-refractivity contribution in [2.24, 2.45) is 0 Å². The molecule has 27 heavy (non-hydrogen) atoms. The van der Waals surface area contributed by atoms with Gasteiger partial charge >= 0.3 is 0 Å². The minimum absolute atomic E-state index is 0.238. The maximum Gasteiger partial charge on any atom is 0.187 e. The van der Waals surface area contributed by atoms with Crippen LogP contribution in [0.5, 0.6) is 0 Å². The molecule has 1 fully saturated rings. The molecule has 7 heteroatoms. The van der Waals surface area contributed by atoms with Crippen molar-refractivity contribution in [3.05, 3.63) is 47.4 Å². The molecule has 0 N–H and O–H groups in total. The van der Waals surface area contributed by atoms with Crippen molar-refractivity contribution in [3.63, 3.8) is 0 Å². The first-order valence-electron chi connectivity index (χ1n) is 8.96. The van der Waals surface area contributed by atoms with Crippen LogP contribution in [-0.4, -0.2) is 46.2 Å². The minimum Gasteiger partial charge on any atom is -0.306 e. The number of thioether (sulfide) groups is 1. The lowest BCUT2D eigenvalue weighted by atomic mass is 9.98. The molecule has 0 spiro atoms. The second-order valence-corrected chi connectivity index (χ2v) is 8.55. The predicted octanol–water partition coefficient (Wildman–Crippen LogP) is 4.94. The van der Waals surface area contributed by atoms with Crippen LogP contribution in [0.15, 0.2) is 41.7 Å². The summed E-state index contributed by atoms with van der Waals surface area (Å²) in [7, 11) is 2.16. The second kappa shape index (κ2) is 8.04. The van der Waals surface area contributed by atoms with Crippen molar-refractivity contribution in [2.45, 2.75) is 23.9 Å². The van der Waals surface area contributed by atoms with E-state index in [9.17, 15) is 4.39 Å². The third-order valence-electron chi connectivity index (χ3n) is 4.88. The van der Waals surface area contributed by atoms with Gasteiger partial charge in [-0.3, -0.25) is 0 Å². The molecule has 0 aliphatic carbocycles. The van der Waals surface area contributed by atoms with Gasteiger partial charge in [-0.1, -0.05) is 11.8 Å². The van der Waals surface area contributed by atoms with Crippen LogP contribution in [0.3, 0.4) is 0 Å². The molecule has 1 saturated heterocycles. The van der Waals surface area contributed by atoms with Crippen molar-refractivity contribution in [2.75, 3.05) is 26.4 Å². The second-order valence-electron chi connectivity index (χ2n) is 6.74. The highest BCUT2D eigenvalue weighted by molar-refractivity contribution is 7.98. The van der Waals surface area contributed by atoms with Crippen molar-refractivity contribution in [1.29, 1.82) is 0 Å². The largest absolute Gasteiger partial charge is 0.306 e. The Morgan fingerprint density at radius 3 is 2.56 bits per heavy atom. The normalized spacial score (nSPS) is 16.0. The smallest absolute Gasteiger partial charge is 0.187 e. The molecule has 0 unspecified atom stereocenters. The van der Waals surface area contributed by atoms with Crippen molar-refractivity contribution < 1.29 is 4.39 Å². The Labute approximate surface area is 166 Å². The van der Waals surface area contributed by atoms with E-state index in [1.165, 1.54) is 23.9 Å². The molecule has 2 aromatic heterocycles. The van der Waals surface area contributed by atoms with E-state index in [0.29, 0.717) is 5.92 Å². The van der Waals surface area contributed by atoms with Gasteiger partial charge in [-0.25, -0.2) is 19.3 Å². The van der Waals surface area contributed by atoms with Crippen molar-refractivity contribution >= 4 is 23.1 Å². The number of likely N-dealkylation sites (tertiary alicyclic amines) is 1. The summed E-state index contributed by atoms with van der Waals surface area (Å²) in [6.07, 6.45) is 5.99. The molecule has 0 radical (unpaired) electrons. The first-order valence-corrected chi connectivity index (χ1v) is 11.0. The summed E-state index contributed by atoms with van der Waals surface area (Å²) >= 11 is 3.24. The quantitative estimate of drug-likeness (QED) is 0.458. The molecular formula is C20H21FN4S2. The maximum atomic E-state index is 13.4. The van der Waals surface area contributed by atoms with Gasteiger partial charge < -0.3 is 4.90 Å². The van der Waals surface area contributed by atoms with Crippen LogP contribution in [0.25, 0.3) is 21.8 Å². The lowest BCUT2D eigenvalue weighted by Crippen LogP contribution is -2.29. The van der Waals surface area contributed by atoms with Crippen LogP contribution in [-0.2, 0) is 0 Å². The average Bonchev–Trinajstić information content (AvgIpc) is 3.14. The van der Waals surface area contributed by atoms with E-state index in [4.69, 9.17) is 4.98 Å². The fourth-order valence-corrected chi connectivity index (χ4v) is 4.89. The van der Waals surface area contributed by atoms with Gasteiger partial charge in [0.2, 0.25) is 0 Å². The molecular weight excluding hydrogens is 379 g/mol. The highest BCUT2D eigenvalue weighted by Gasteiger charge is 2.25.